The predicted molar refractivity (Wildman–Crippen MR) is 53.5 cm³/mol. The number of benzene rings is 1. The number of hydrogen-bond acceptors (Lipinski definition) is 3. The Morgan fingerprint density at radius 1 is 1.29 bits per heavy atom. The lowest BCUT2D eigenvalue weighted by atomic mass is 10.1. The lowest BCUT2D eigenvalue weighted by molar-refractivity contribution is -0.121. The maximum absolute atomic E-state index is 11.5. The largest absolute Gasteiger partial charge is 0.410 e. The Kier molecular flexibility index (Phi) is 3.23. The first-order chi connectivity index (χ1) is 6.66. The zero-order valence-corrected chi connectivity index (χ0v) is 8.14. The van der Waals surface area contributed by atoms with Crippen LogP contribution in [0.2, 0.25) is 0 Å². The summed E-state index contributed by atoms with van der Waals surface area (Å²) < 4.78 is 0. The molecule has 0 aromatic heterocycles. The average molecular weight is 192 g/mol. The van der Waals surface area contributed by atoms with Crippen molar-refractivity contribution in [3.05, 3.63) is 35.9 Å². The molecule has 0 saturated carbocycles. The van der Waals surface area contributed by atoms with Gasteiger partial charge < -0.3 is 10.1 Å². The molecule has 1 rings (SSSR count). The molecule has 0 aliphatic carbocycles. The molecule has 0 heterocycles. The monoisotopic (exact) mass is 192 g/mol. The van der Waals surface area contributed by atoms with Gasteiger partial charge >= 0.3 is 0 Å². The third kappa shape index (κ3) is 2.10. The van der Waals surface area contributed by atoms with Crippen LogP contribution < -0.4 is 0 Å². The first-order valence-electron chi connectivity index (χ1n) is 4.16. The van der Waals surface area contributed by atoms with E-state index in [-0.39, 0.29) is 11.6 Å². The average Bonchev–Trinajstić information content (AvgIpc) is 2.20. The van der Waals surface area contributed by atoms with Crippen molar-refractivity contribution in [2.75, 3.05) is 14.1 Å². The second-order valence-electron chi connectivity index (χ2n) is 3.01. The standard InChI is InChI=1S/C10H12N2O2/c1-12(2)10(13)9(11-14)8-6-4-3-5-7-8/h3-7,14H,1-2H3/b11-9+. The van der Waals surface area contributed by atoms with Crippen molar-refractivity contribution >= 4 is 11.6 Å². The van der Waals surface area contributed by atoms with Crippen LogP contribution in [0, 0.1) is 0 Å². The Morgan fingerprint density at radius 2 is 1.86 bits per heavy atom. The molecule has 0 bridgehead atoms. The van der Waals surface area contributed by atoms with E-state index < -0.39 is 0 Å². The number of oxime groups is 1. The molecule has 0 aliphatic heterocycles. The Bertz CT molecular complexity index is 344. The summed E-state index contributed by atoms with van der Waals surface area (Å²) in [5.74, 6) is -0.321. The van der Waals surface area contributed by atoms with Crippen molar-refractivity contribution in [1.29, 1.82) is 0 Å². The maximum atomic E-state index is 11.5. The normalized spacial score (nSPS) is 11.1. The summed E-state index contributed by atoms with van der Waals surface area (Å²) in [4.78, 5) is 12.9. The van der Waals surface area contributed by atoms with Crippen molar-refractivity contribution < 1.29 is 10.0 Å². The number of hydrogen-bond donors (Lipinski definition) is 1. The van der Waals surface area contributed by atoms with E-state index in [0.717, 1.165) is 0 Å². The van der Waals surface area contributed by atoms with Gasteiger partial charge in [-0.2, -0.15) is 0 Å². The number of rotatable bonds is 2. The lowest BCUT2D eigenvalue weighted by Crippen LogP contribution is -2.30. The minimum absolute atomic E-state index is 0.0515. The summed E-state index contributed by atoms with van der Waals surface area (Å²) in [5.41, 5.74) is 0.657. The van der Waals surface area contributed by atoms with Crippen LogP contribution in [0.3, 0.4) is 0 Å². The summed E-state index contributed by atoms with van der Waals surface area (Å²) in [5, 5.41) is 11.7. The third-order valence-corrected chi connectivity index (χ3v) is 1.76. The fourth-order valence-electron chi connectivity index (χ4n) is 1.03. The molecule has 1 N–H and O–H groups in total. The first-order valence-corrected chi connectivity index (χ1v) is 4.16. The van der Waals surface area contributed by atoms with Crippen LogP contribution in [0.5, 0.6) is 0 Å². The summed E-state index contributed by atoms with van der Waals surface area (Å²) in [7, 11) is 3.22. The van der Waals surface area contributed by atoms with Gasteiger partial charge in [0.15, 0.2) is 5.71 Å². The molecule has 1 aromatic rings. The molecular formula is C10H12N2O2. The zero-order chi connectivity index (χ0) is 10.6. The van der Waals surface area contributed by atoms with E-state index in [0.29, 0.717) is 5.56 Å². The van der Waals surface area contributed by atoms with E-state index in [4.69, 9.17) is 5.21 Å². The van der Waals surface area contributed by atoms with Crippen LogP contribution in [0.25, 0.3) is 0 Å². The minimum atomic E-state index is -0.321. The van der Waals surface area contributed by atoms with Gasteiger partial charge in [-0.25, -0.2) is 0 Å². The summed E-state index contributed by atoms with van der Waals surface area (Å²) >= 11 is 0. The van der Waals surface area contributed by atoms with Crippen LogP contribution in [0.4, 0.5) is 0 Å². The van der Waals surface area contributed by atoms with Gasteiger partial charge in [0.05, 0.1) is 0 Å². The van der Waals surface area contributed by atoms with Crippen LogP contribution in [0.1, 0.15) is 5.56 Å². The van der Waals surface area contributed by atoms with Gasteiger partial charge in [-0.3, -0.25) is 4.79 Å². The van der Waals surface area contributed by atoms with E-state index in [9.17, 15) is 4.79 Å². The van der Waals surface area contributed by atoms with Crippen molar-refractivity contribution in [3.63, 3.8) is 0 Å². The van der Waals surface area contributed by atoms with Gasteiger partial charge in [-0.15, -0.1) is 0 Å². The van der Waals surface area contributed by atoms with Crippen LogP contribution in [-0.2, 0) is 4.79 Å². The molecule has 0 spiro atoms. The highest BCUT2D eigenvalue weighted by atomic mass is 16.4. The Balaban J connectivity index is 3.01. The Labute approximate surface area is 82.5 Å². The molecule has 74 valence electrons. The first kappa shape index (κ1) is 10.2. The van der Waals surface area contributed by atoms with Crippen molar-refractivity contribution in [3.8, 4) is 0 Å². The molecular weight excluding hydrogens is 180 g/mol. The predicted octanol–water partition coefficient (Wildman–Crippen LogP) is 0.953. The molecule has 0 saturated heterocycles. The third-order valence-electron chi connectivity index (χ3n) is 1.76. The fourth-order valence-corrected chi connectivity index (χ4v) is 1.03. The van der Waals surface area contributed by atoms with Gasteiger partial charge in [0.2, 0.25) is 0 Å². The van der Waals surface area contributed by atoms with E-state index in [1.54, 1.807) is 38.4 Å². The van der Waals surface area contributed by atoms with Crippen molar-refractivity contribution in [1.82, 2.24) is 4.90 Å². The van der Waals surface area contributed by atoms with Crippen molar-refractivity contribution in [2.24, 2.45) is 5.16 Å². The topological polar surface area (TPSA) is 52.9 Å². The number of likely N-dealkylation sites (N-methyl/N-ethyl adjacent to an activating group) is 1. The van der Waals surface area contributed by atoms with Gasteiger partial charge in [0.1, 0.15) is 0 Å². The molecule has 14 heavy (non-hydrogen) atoms. The SMILES string of the molecule is CN(C)C(=O)/C(=N/O)c1ccccc1. The highest BCUT2D eigenvalue weighted by Crippen LogP contribution is 2.02. The smallest absolute Gasteiger partial charge is 0.275 e. The lowest BCUT2D eigenvalue weighted by Gasteiger charge is -2.10. The van der Waals surface area contributed by atoms with E-state index in [2.05, 4.69) is 5.16 Å². The van der Waals surface area contributed by atoms with Crippen LogP contribution >= 0.6 is 0 Å². The van der Waals surface area contributed by atoms with Gasteiger partial charge in [-0.1, -0.05) is 35.5 Å². The molecule has 4 nitrogen and oxygen atoms in total. The molecule has 1 amide bonds. The molecule has 0 aliphatic rings. The summed E-state index contributed by atoms with van der Waals surface area (Å²) in [6.45, 7) is 0. The summed E-state index contributed by atoms with van der Waals surface area (Å²) in [6.07, 6.45) is 0. The van der Waals surface area contributed by atoms with Gasteiger partial charge in [0, 0.05) is 19.7 Å². The Morgan fingerprint density at radius 3 is 2.29 bits per heavy atom. The number of carbonyl (C=O) groups excluding carboxylic acids is 1. The Hall–Kier alpha value is -1.84. The summed E-state index contributed by atoms with van der Waals surface area (Å²) in [6, 6.07) is 8.83. The molecule has 0 radical (unpaired) electrons. The zero-order valence-electron chi connectivity index (χ0n) is 8.14. The highest BCUT2D eigenvalue weighted by molar-refractivity contribution is 6.44. The number of amides is 1. The van der Waals surface area contributed by atoms with Crippen molar-refractivity contribution in [2.45, 2.75) is 0 Å². The van der Waals surface area contributed by atoms with Gasteiger partial charge in [-0.05, 0) is 0 Å². The molecule has 0 fully saturated rings. The van der Waals surface area contributed by atoms with E-state index >= 15 is 0 Å². The second-order valence-corrected chi connectivity index (χ2v) is 3.01. The number of carbonyl (C=O) groups is 1. The quantitative estimate of drug-likeness (QED) is 0.431. The number of nitrogens with zero attached hydrogens (tertiary/aromatic N) is 2. The van der Waals surface area contributed by atoms with E-state index in [1.165, 1.54) is 4.90 Å². The highest BCUT2D eigenvalue weighted by Gasteiger charge is 2.15. The fraction of sp³-hybridized carbons (Fsp3) is 0.200. The minimum Gasteiger partial charge on any atom is -0.410 e. The molecule has 0 atom stereocenters. The van der Waals surface area contributed by atoms with Gasteiger partial charge in [0.25, 0.3) is 5.91 Å². The second kappa shape index (κ2) is 4.41. The van der Waals surface area contributed by atoms with E-state index in [1.807, 2.05) is 6.07 Å². The molecule has 0 unspecified atom stereocenters. The molecule has 1 aromatic carbocycles. The molecule has 4 heteroatoms. The van der Waals surface area contributed by atoms with Crippen LogP contribution in [-0.4, -0.2) is 35.8 Å². The van der Waals surface area contributed by atoms with Crippen LogP contribution in [0.15, 0.2) is 35.5 Å². The maximum Gasteiger partial charge on any atom is 0.275 e.